The van der Waals surface area contributed by atoms with Gasteiger partial charge in [0.1, 0.15) is 11.3 Å². The summed E-state index contributed by atoms with van der Waals surface area (Å²) in [6.45, 7) is 8.56. The molecule has 1 aliphatic rings. The fourth-order valence-electron chi connectivity index (χ4n) is 3.86. The molecule has 1 aliphatic heterocycles. The first-order valence-electron chi connectivity index (χ1n) is 11.1. The van der Waals surface area contributed by atoms with Crippen LogP contribution in [-0.2, 0) is 21.4 Å². The standard InChI is InChI=1S/C26H30N2O4/c1-26(2,3)19-11-8-18(9-12-19)10-13-22(29)27-23-20-6-4-5-7-21(20)32-24(23)25(30)28-14-16-31-17-15-28/h4-9,11-12H,10,13-17H2,1-3H3,(H,27,29). The number of anilines is 1. The molecule has 0 unspecified atom stereocenters. The molecule has 0 aliphatic carbocycles. The normalized spacial score (nSPS) is 14.5. The number of ether oxygens (including phenoxy) is 1. The van der Waals surface area contributed by atoms with Gasteiger partial charge in [-0.05, 0) is 35.1 Å². The van der Waals surface area contributed by atoms with Crippen molar-refractivity contribution < 1.29 is 18.7 Å². The van der Waals surface area contributed by atoms with Gasteiger partial charge in [0.2, 0.25) is 11.7 Å². The molecule has 32 heavy (non-hydrogen) atoms. The van der Waals surface area contributed by atoms with Crippen LogP contribution in [-0.4, -0.2) is 43.0 Å². The lowest BCUT2D eigenvalue weighted by atomic mass is 9.86. The molecule has 2 heterocycles. The summed E-state index contributed by atoms with van der Waals surface area (Å²) in [4.78, 5) is 27.6. The Balaban J connectivity index is 1.49. The summed E-state index contributed by atoms with van der Waals surface area (Å²) in [7, 11) is 0. The van der Waals surface area contributed by atoms with Crippen molar-refractivity contribution >= 4 is 28.5 Å². The molecule has 0 spiro atoms. The molecule has 1 aromatic heterocycles. The van der Waals surface area contributed by atoms with Gasteiger partial charge in [-0.3, -0.25) is 9.59 Å². The Bertz CT molecular complexity index is 1100. The summed E-state index contributed by atoms with van der Waals surface area (Å²) >= 11 is 0. The topological polar surface area (TPSA) is 71.8 Å². The highest BCUT2D eigenvalue weighted by atomic mass is 16.5. The fourth-order valence-corrected chi connectivity index (χ4v) is 3.86. The lowest BCUT2D eigenvalue weighted by molar-refractivity contribution is -0.116. The van der Waals surface area contributed by atoms with Crippen LogP contribution in [0.3, 0.4) is 0 Å². The molecular formula is C26H30N2O4. The van der Waals surface area contributed by atoms with Crippen molar-refractivity contribution in [2.24, 2.45) is 0 Å². The van der Waals surface area contributed by atoms with Gasteiger partial charge in [0, 0.05) is 24.9 Å². The summed E-state index contributed by atoms with van der Waals surface area (Å²) < 4.78 is 11.2. The van der Waals surface area contributed by atoms with Crippen LogP contribution in [0, 0.1) is 0 Å². The van der Waals surface area contributed by atoms with Gasteiger partial charge in [0.15, 0.2) is 0 Å². The minimum absolute atomic E-state index is 0.0989. The Labute approximate surface area is 188 Å². The molecule has 3 aromatic rings. The maximum absolute atomic E-state index is 13.1. The van der Waals surface area contributed by atoms with E-state index in [9.17, 15) is 9.59 Å². The average molecular weight is 435 g/mol. The second-order valence-corrected chi connectivity index (χ2v) is 9.20. The molecule has 6 nitrogen and oxygen atoms in total. The number of para-hydroxylation sites is 1. The molecule has 0 saturated carbocycles. The van der Waals surface area contributed by atoms with Crippen LogP contribution in [0.15, 0.2) is 52.9 Å². The Morgan fingerprint density at radius 1 is 1.00 bits per heavy atom. The van der Waals surface area contributed by atoms with Crippen LogP contribution >= 0.6 is 0 Å². The molecular weight excluding hydrogens is 404 g/mol. The number of rotatable bonds is 5. The summed E-state index contributed by atoms with van der Waals surface area (Å²) in [5.74, 6) is -0.193. The Kier molecular flexibility index (Phi) is 6.33. The van der Waals surface area contributed by atoms with Crippen LogP contribution in [0.4, 0.5) is 5.69 Å². The van der Waals surface area contributed by atoms with E-state index in [4.69, 9.17) is 9.15 Å². The van der Waals surface area contributed by atoms with E-state index in [0.717, 1.165) is 10.9 Å². The molecule has 1 saturated heterocycles. The smallest absolute Gasteiger partial charge is 0.291 e. The van der Waals surface area contributed by atoms with Gasteiger partial charge in [0.05, 0.1) is 13.2 Å². The van der Waals surface area contributed by atoms with Crippen molar-refractivity contribution in [2.75, 3.05) is 31.6 Å². The predicted octanol–water partition coefficient (Wildman–Crippen LogP) is 4.77. The predicted molar refractivity (Wildman–Crippen MR) is 125 cm³/mol. The summed E-state index contributed by atoms with van der Waals surface area (Å²) in [5, 5.41) is 3.68. The third kappa shape index (κ3) is 4.86. The summed E-state index contributed by atoms with van der Waals surface area (Å²) in [5.41, 5.74) is 3.50. The maximum Gasteiger partial charge on any atom is 0.291 e. The minimum atomic E-state index is -0.224. The number of carbonyl (C=O) groups is 2. The molecule has 0 atom stereocenters. The first kappa shape index (κ1) is 22.1. The van der Waals surface area contributed by atoms with Crippen LogP contribution in [0.2, 0.25) is 0 Å². The number of nitrogens with zero attached hydrogens (tertiary/aromatic N) is 1. The number of morpholine rings is 1. The zero-order chi connectivity index (χ0) is 22.7. The Morgan fingerprint density at radius 3 is 2.38 bits per heavy atom. The number of hydrogen-bond donors (Lipinski definition) is 1. The highest BCUT2D eigenvalue weighted by Gasteiger charge is 2.27. The van der Waals surface area contributed by atoms with E-state index in [1.165, 1.54) is 5.56 Å². The van der Waals surface area contributed by atoms with Crippen LogP contribution in [0.25, 0.3) is 11.0 Å². The minimum Gasteiger partial charge on any atom is -0.449 e. The van der Waals surface area contributed by atoms with Crippen molar-refractivity contribution in [3.8, 4) is 0 Å². The van der Waals surface area contributed by atoms with Gasteiger partial charge in [0.25, 0.3) is 5.91 Å². The number of hydrogen-bond acceptors (Lipinski definition) is 4. The molecule has 0 bridgehead atoms. The molecule has 0 radical (unpaired) electrons. The largest absolute Gasteiger partial charge is 0.449 e. The quantitative estimate of drug-likeness (QED) is 0.628. The van der Waals surface area contributed by atoms with E-state index >= 15 is 0 Å². The van der Waals surface area contributed by atoms with Crippen LogP contribution < -0.4 is 5.32 Å². The maximum atomic E-state index is 13.1. The van der Waals surface area contributed by atoms with Crippen molar-refractivity contribution in [3.63, 3.8) is 0 Å². The first-order valence-corrected chi connectivity index (χ1v) is 11.1. The Hall–Kier alpha value is -3.12. The number of benzene rings is 2. The Morgan fingerprint density at radius 2 is 1.69 bits per heavy atom. The van der Waals surface area contributed by atoms with Crippen molar-refractivity contribution in [3.05, 3.63) is 65.4 Å². The van der Waals surface area contributed by atoms with Crippen LogP contribution in [0.1, 0.15) is 48.9 Å². The molecule has 2 aromatic carbocycles. The van der Waals surface area contributed by atoms with Gasteiger partial charge in [-0.15, -0.1) is 0 Å². The summed E-state index contributed by atoms with van der Waals surface area (Å²) in [6.07, 6.45) is 0.943. The number of nitrogens with one attached hydrogen (secondary N) is 1. The van der Waals surface area contributed by atoms with Crippen molar-refractivity contribution in [1.82, 2.24) is 4.90 Å². The monoisotopic (exact) mass is 434 g/mol. The van der Waals surface area contributed by atoms with Crippen molar-refractivity contribution in [1.29, 1.82) is 0 Å². The van der Waals surface area contributed by atoms with E-state index in [0.29, 0.717) is 50.4 Å². The third-order valence-corrected chi connectivity index (χ3v) is 5.81. The first-order chi connectivity index (χ1) is 15.3. The molecule has 1 fully saturated rings. The van der Waals surface area contributed by atoms with Crippen LogP contribution in [0.5, 0.6) is 0 Å². The molecule has 1 N–H and O–H groups in total. The zero-order valence-corrected chi connectivity index (χ0v) is 18.9. The highest BCUT2D eigenvalue weighted by molar-refractivity contribution is 6.10. The van der Waals surface area contributed by atoms with Gasteiger partial charge in [-0.2, -0.15) is 0 Å². The second-order valence-electron chi connectivity index (χ2n) is 9.20. The number of furan rings is 1. The van der Waals surface area contributed by atoms with E-state index < -0.39 is 0 Å². The summed E-state index contributed by atoms with van der Waals surface area (Å²) in [6, 6.07) is 15.8. The third-order valence-electron chi connectivity index (χ3n) is 5.81. The van der Waals surface area contributed by atoms with E-state index in [1.807, 2.05) is 18.2 Å². The van der Waals surface area contributed by atoms with E-state index in [2.05, 4.69) is 50.4 Å². The van der Waals surface area contributed by atoms with Gasteiger partial charge >= 0.3 is 0 Å². The lowest BCUT2D eigenvalue weighted by Gasteiger charge is -2.26. The number of carbonyl (C=O) groups excluding carboxylic acids is 2. The molecule has 4 rings (SSSR count). The van der Waals surface area contributed by atoms with Gasteiger partial charge < -0.3 is 19.4 Å². The number of fused-ring (bicyclic) bond motifs is 1. The fraction of sp³-hybridized carbons (Fsp3) is 0.385. The number of aryl methyl sites for hydroxylation is 1. The SMILES string of the molecule is CC(C)(C)c1ccc(CCC(=O)Nc2c(C(=O)N3CCOCC3)oc3ccccc23)cc1. The number of amides is 2. The van der Waals surface area contributed by atoms with Gasteiger partial charge in [-0.25, -0.2) is 0 Å². The second kappa shape index (κ2) is 9.17. The van der Waals surface area contributed by atoms with Crippen molar-refractivity contribution in [2.45, 2.75) is 39.0 Å². The van der Waals surface area contributed by atoms with Gasteiger partial charge in [-0.1, -0.05) is 57.2 Å². The molecule has 2 amide bonds. The molecule has 6 heteroatoms. The lowest BCUT2D eigenvalue weighted by Crippen LogP contribution is -2.40. The highest BCUT2D eigenvalue weighted by Crippen LogP contribution is 2.32. The molecule has 168 valence electrons. The zero-order valence-electron chi connectivity index (χ0n) is 18.9. The average Bonchev–Trinajstić information content (AvgIpc) is 3.16. The van der Waals surface area contributed by atoms with E-state index in [-0.39, 0.29) is 23.0 Å². The van der Waals surface area contributed by atoms with E-state index in [1.54, 1.807) is 11.0 Å².